The van der Waals surface area contributed by atoms with E-state index < -0.39 is 4.92 Å². The monoisotopic (exact) mass is 296 g/mol. The Bertz CT molecular complexity index is 505. The molecule has 0 saturated heterocycles. The number of benzene rings is 1. The molecule has 110 valence electrons. The number of hydrogen-bond donors (Lipinski definition) is 0. The molecule has 0 saturated carbocycles. The average Bonchev–Trinajstić information content (AvgIpc) is 2.42. The fraction of sp³-hybridized carbons (Fsp3) is 0.500. The zero-order valence-corrected chi connectivity index (χ0v) is 13.1. The molecule has 0 heterocycles. The Labute approximate surface area is 123 Å². The maximum Gasteiger partial charge on any atom is 0.280 e. The Balaban J connectivity index is 3.05. The molecule has 0 bridgehead atoms. The smallest absolute Gasteiger partial charge is 0.280 e. The SMILES string of the molecule is CSCCC(C)N(C)c1ccc([N+](=O)[O-])c(C(C)=O)c1. The van der Waals surface area contributed by atoms with E-state index in [4.69, 9.17) is 0 Å². The molecule has 0 aromatic heterocycles. The predicted octanol–water partition coefficient (Wildman–Crippen LogP) is 3.38. The van der Waals surface area contributed by atoms with Crippen LogP contribution >= 0.6 is 11.8 Å². The van der Waals surface area contributed by atoms with E-state index >= 15 is 0 Å². The van der Waals surface area contributed by atoms with Gasteiger partial charge < -0.3 is 4.90 Å². The van der Waals surface area contributed by atoms with Crippen LogP contribution in [0, 0.1) is 10.1 Å². The van der Waals surface area contributed by atoms with Gasteiger partial charge in [-0.2, -0.15) is 11.8 Å². The molecule has 20 heavy (non-hydrogen) atoms. The van der Waals surface area contributed by atoms with Crippen molar-refractivity contribution < 1.29 is 9.72 Å². The van der Waals surface area contributed by atoms with Crippen LogP contribution in [0.2, 0.25) is 0 Å². The van der Waals surface area contributed by atoms with E-state index in [2.05, 4.69) is 13.2 Å². The van der Waals surface area contributed by atoms with Crippen LogP contribution in [-0.2, 0) is 0 Å². The fourth-order valence-electron chi connectivity index (χ4n) is 1.92. The van der Waals surface area contributed by atoms with Crippen molar-refractivity contribution in [1.82, 2.24) is 0 Å². The Hall–Kier alpha value is -1.56. The maximum absolute atomic E-state index is 11.6. The third-order valence-electron chi connectivity index (χ3n) is 3.36. The highest BCUT2D eigenvalue weighted by Gasteiger charge is 2.19. The molecule has 1 aromatic rings. The number of ketones is 1. The van der Waals surface area contributed by atoms with Gasteiger partial charge in [0.15, 0.2) is 5.78 Å². The molecule has 0 radical (unpaired) electrons. The number of rotatable bonds is 7. The van der Waals surface area contributed by atoms with Gasteiger partial charge in [-0.1, -0.05) is 0 Å². The zero-order valence-electron chi connectivity index (χ0n) is 12.3. The Kier molecular flexibility index (Phi) is 6.01. The summed E-state index contributed by atoms with van der Waals surface area (Å²) in [6, 6.07) is 5.02. The van der Waals surface area contributed by atoms with Gasteiger partial charge in [0.1, 0.15) is 0 Å². The number of anilines is 1. The van der Waals surface area contributed by atoms with Gasteiger partial charge in [0, 0.05) is 24.8 Å². The number of hydrogen-bond acceptors (Lipinski definition) is 5. The van der Waals surface area contributed by atoms with Gasteiger partial charge >= 0.3 is 0 Å². The van der Waals surface area contributed by atoms with Crippen LogP contribution < -0.4 is 4.90 Å². The van der Waals surface area contributed by atoms with E-state index in [0.29, 0.717) is 6.04 Å². The first-order valence-corrected chi connectivity index (χ1v) is 7.79. The van der Waals surface area contributed by atoms with Gasteiger partial charge in [-0.05, 0) is 44.4 Å². The standard InChI is InChI=1S/C14H20N2O3S/c1-10(7-8-20-4)15(3)12-5-6-14(16(18)19)13(9-12)11(2)17/h5-6,9-10H,7-8H2,1-4H3. The quantitative estimate of drug-likeness (QED) is 0.438. The Morgan fingerprint density at radius 3 is 2.65 bits per heavy atom. The van der Waals surface area contributed by atoms with Crippen LogP contribution in [0.15, 0.2) is 18.2 Å². The molecule has 0 aliphatic heterocycles. The minimum absolute atomic E-state index is 0.133. The summed E-state index contributed by atoms with van der Waals surface area (Å²) in [5.74, 6) is 0.765. The van der Waals surface area contributed by atoms with E-state index in [9.17, 15) is 14.9 Å². The molecule has 0 fully saturated rings. The highest BCUT2D eigenvalue weighted by molar-refractivity contribution is 7.98. The lowest BCUT2D eigenvalue weighted by Crippen LogP contribution is -2.29. The predicted molar refractivity (Wildman–Crippen MR) is 84.0 cm³/mol. The third kappa shape index (κ3) is 3.96. The van der Waals surface area contributed by atoms with Gasteiger partial charge in [-0.15, -0.1) is 0 Å². The summed E-state index contributed by atoms with van der Waals surface area (Å²) in [4.78, 5) is 24.0. The topological polar surface area (TPSA) is 63.4 Å². The first-order valence-electron chi connectivity index (χ1n) is 6.39. The van der Waals surface area contributed by atoms with Crippen molar-refractivity contribution in [1.29, 1.82) is 0 Å². The zero-order chi connectivity index (χ0) is 15.3. The molecule has 0 aliphatic rings. The number of nitro benzene ring substituents is 1. The molecule has 1 rings (SSSR count). The summed E-state index contributed by atoms with van der Waals surface area (Å²) in [7, 11) is 1.94. The highest BCUT2D eigenvalue weighted by atomic mass is 32.2. The highest BCUT2D eigenvalue weighted by Crippen LogP contribution is 2.26. The molecule has 1 aromatic carbocycles. The number of nitrogens with zero attached hydrogens (tertiary/aromatic N) is 2. The largest absolute Gasteiger partial charge is 0.372 e. The van der Waals surface area contributed by atoms with Crippen molar-refractivity contribution in [3.8, 4) is 0 Å². The minimum atomic E-state index is -0.516. The number of Topliss-reactive ketones (excluding diaryl/α,β-unsaturated/α-hetero) is 1. The summed E-state index contributed by atoms with van der Waals surface area (Å²) >= 11 is 1.79. The number of carbonyl (C=O) groups excluding carboxylic acids is 1. The van der Waals surface area contributed by atoms with E-state index in [1.54, 1.807) is 23.9 Å². The van der Waals surface area contributed by atoms with Crippen molar-refractivity contribution in [2.24, 2.45) is 0 Å². The van der Waals surface area contributed by atoms with E-state index in [1.807, 2.05) is 11.9 Å². The van der Waals surface area contributed by atoms with Crippen molar-refractivity contribution >= 4 is 28.9 Å². The summed E-state index contributed by atoms with van der Waals surface area (Å²) < 4.78 is 0. The lowest BCUT2D eigenvalue weighted by molar-refractivity contribution is -0.385. The first kappa shape index (κ1) is 16.5. The summed E-state index contributed by atoms with van der Waals surface area (Å²) in [6.45, 7) is 3.45. The second-order valence-electron chi connectivity index (χ2n) is 4.76. The van der Waals surface area contributed by atoms with E-state index in [0.717, 1.165) is 17.9 Å². The molecular formula is C14H20N2O3S. The molecule has 1 atom stereocenters. The van der Waals surface area contributed by atoms with Crippen molar-refractivity contribution in [2.75, 3.05) is 24.0 Å². The van der Waals surface area contributed by atoms with E-state index in [1.165, 1.54) is 13.0 Å². The third-order valence-corrected chi connectivity index (χ3v) is 4.01. The molecule has 1 unspecified atom stereocenters. The van der Waals surface area contributed by atoms with Gasteiger partial charge in [0.2, 0.25) is 0 Å². The van der Waals surface area contributed by atoms with Gasteiger partial charge in [-0.3, -0.25) is 14.9 Å². The first-order chi connectivity index (χ1) is 9.38. The van der Waals surface area contributed by atoms with Crippen LogP contribution in [0.25, 0.3) is 0 Å². The maximum atomic E-state index is 11.6. The Morgan fingerprint density at radius 1 is 1.50 bits per heavy atom. The number of thioether (sulfide) groups is 1. The van der Waals surface area contributed by atoms with Crippen LogP contribution in [0.3, 0.4) is 0 Å². The summed E-state index contributed by atoms with van der Waals surface area (Å²) in [5.41, 5.74) is 0.859. The van der Waals surface area contributed by atoms with Crippen molar-refractivity contribution in [3.63, 3.8) is 0 Å². The number of carbonyl (C=O) groups is 1. The van der Waals surface area contributed by atoms with Crippen LogP contribution in [0.4, 0.5) is 11.4 Å². The number of nitro groups is 1. The van der Waals surface area contributed by atoms with Crippen LogP contribution in [0.5, 0.6) is 0 Å². The summed E-state index contributed by atoms with van der Waals surface area (Å²) in [5, 5.41) is 10.9. The molecule has 6 heteroatoms. The lowest BCUT2D eigenvalue weighted by Gasteiger charge is -2.27. The van der Waals surface area contributed by atoms with Crippen LogP contribution in [0.1, 0.15) is 30.6 Å². The van der Waals surface area contributed by atoms with Gasteiger partial charge in [0.25, 0.3) is 5.69 Å². The molecule has 0 spiro atoms. The normalized spacial score (nSPS) is 12.0. The molecule has 0 aliphatic carbocycles. The molecular weight excluding hydrogens is 276 g/mol. The fourth-order valence-corrected chi connectivity index (χ4v) is 2.50. The minimum Gasteiger partial charge on any atom is -0.372 e. The van der Waals surface area contributed by atoms with Crippen molar-refractivity contribution in [3.05, 3.63) is 33.9 Å². The Morgan fingerprint density at radius 2 is 2.15 bits per heavy atom. The van der Waals surface area contributed by atoms with Crippen molar-refractivity contribution in [2.45, 2.75) is 26.3 Å². The second kappa shape index (κ2) is 7.28. The van der Waals surface area contributed by atoms with Crippen LogP contribution in [-0.4, -0.2) is 35.8 Å². The van der Waals surface area contributed by atoms with Gasteiger partial charge in [-0.25, -0.2) is 0 Å². The average molecular weight is 296 g/mol. The molecule has 5 nitrogen and oxygen atoms in total. The molecule has 0 amide bonds. The molecule has 0 N–H and O–H groups in total. The summed E-state index contributed by atoms with van der Waals surface area (Å²) in [6.07, 6.45) is 3.08. The van der Waals surface area contributed by atoms with Gasteiger partial charge in [0.05, 0.1) is 10.5 Å². The van der Waals surface area contributed by atoms with E-state index in [-0.39, 0.29) is 17.0 Å². The lowest BCUT2D eigenvalue weighted by atomic mass is 10.1. The second-order valence-corrected chi connectivity index (χ2v) is 5.74.